The monoisotopic (exact) mass is 576 g/mol. The highest BCUT2D eigenvalue weighted by Gasteiger charge is 2.54. The van der Waals surface area contributed by atoms with Gasteiger partial charge in [-0.2, -0.15) is 0 Å². The Labute approximate surface area is 241 Å². The first-order valence-corrected chi connectivity index (χ1v) is 12.9. The summed E-state index contributed by atoms with van der Waals surface area (Å²) in [7, 11) is 0. The molecule has 42 heavy (non-hydrogen) atoms. The molecule has 5 atom stereocenters. The predicted octanol–water partition coefficient (Wildman–Crippen LogP) is 3.93. The quantitative estimate of drug-likeness (QED) is 0.150. The van der Waals surface area contributed by atoms with Crippen molar-refractivity contribution in [1.82, 2.24) is 0 Å². The van der Waals surface area contributed by atoms with Crippen molar-refractivity contribution in [1.29, 1.82) is 0 Å². The van der Waals surface area contributed by atoms with Gasteiger partial charge in [-0.25, -0.2) is 9.59 Å². The van der Waals surface area contributed by atoms with Gasteiger partial charge in [0.05, 0.1) is 11.1 Å². The van der Waals surface area contributed by atoms with Crippen LogP contribution in [0.5, 0.6) is 11.5 Å². The van der Waals surface area contributed by atoms with Crippen LogP contribution in [0.1, 0.15) is 51.8 Å². The van der Waals surface area contributed by atoms with Crippen LogP contribution in [-0.2, 0) is 28.5 Å². The lowest BCUT2D eigenvalue weighted by Crippen LogP contribution is -2.45. The van der Waals surface area contributed by atoms with E-state index < -0.39 is 54.6 Å². The molecule has 0 amide bonds. The number of carbonyl (C=O) groups excluding carboxylic acids is 5. The summed E-state index contributed by atoms with van der Waals surface area (Å²) in [4.78, 5) is 61.1. The van der Waals surface area contributed by atoms with Crippen molar-refractivity contribution in [2.75, 3.05) is 0 Å². The van der Waals surface area contributed by atoms with Crippen molar-refractivity contribution < 1.29 is 52.4 Å². The van der Waals surface area contributed by atoms with Crippen LogP contribution in [0.3, 0.4) is 0 Å². The Kier molecular flexibility index (Phi) is 9.66. The molecule has 0 unspecified atom stereocenters. The second-order valence-corrected chi connectivity index (χ2v) is 9.29. The summed E-state index contributed by atoms with van der Waals surface area (Å²) < 4.78 is 34.2. The smallest absolute Gasteiger partial charge is 0.338 e. The molecule has 4 rings (SSSR count). The van der Waals surface area contributed by atoms with E-state index in [1.807, 2.05) is 0 Å². The van der Waals surface area contributed by atoms with Gasteiger partial charge in [0.25, 0.3) is 0 Å². The molecule has 0 spiro atoms. The highest BCUT2D eigenvalue weighted by atomic mass is 16.7. The molecule has 3 aromatic rings. The highest BCUT2D eigenvalue weighted by molar-refractivity contribution is 5.90. The van der Waals surface area contributed by atoms with Crippen LogP contribution in [0, 0.1) is 0 Å². The summed E-state index contributed by atoms with van der Waals surface area (Å²) in [5.41, 5.74) is 0.708. The molecule has 0 N–H and O–H groups in total. The molecule has 0 radical (unpaired) electrons. The largest absolute Gasteiger partial charge is 0.457 e. The Morgan fingerprint density at radius 1 is 0.762 bits per heavy atom. The average Bonchev–Trinajstić information content (AvgIpc) is 3.30. The summed E-state index contributed by atoms with van der Waals surface area (Å²) in [5.74, 6) is -2.94. The Hall–Kier alpha value is -5.03. The lowest BCUT2D eigenvalue weighted by Gasteiger charge is -2.26. The van der Waals surface area contributed by atoms with E-state index >= 15 is 0 Å². The van der Waals surface area contributed by atoms with Crippen molar-refractivity contribution in [2.45, 2.75) is 51.5 Å². The van der Waals surface area contributed by atoms with Crippen molar-refractivity contribution in [3.05, 3.63) is 95.6 Å². The molecule has 0 bridgehead atoms. The fraction of sp³-hybridized carbons (Fsp3) is 0.258. The SMILES string of the molecule is CC(=O)Oc1cc(C=O)ccc1O[C@@H]1O[C@H]([C@@H](C)OC(=O)c2ccccc2)[C@H](OC(=O)c2ccccc2)[C@H]1OC(C)=O. The summed E-state index contributed by atoms with van der Waals surface area (Å²) in [5, 5.41) is 0. The first-order chi connectivity index (χ1) is 20.2. The standard InChI is InChI=1S/C31H28O11/c1-18(37-29(35)22-10-6-4-7-11-22)26-27(41-30(36)23-12-8-5-9-13-23)28(39-20(3)34)31(42-26)40-24-15-14-21(17-32)16-25(24)38-19(2)33/h4-18,26-28,31H,1-3H3/t18-,26-,27+,28-,31-/m1/s1. The van der Waals surface area contributed by atoms with E-state index in [2.05, 4.69) is 0 Å². The van der Waals surface area contributed by atoms with Crippen molar-refractivity contribution in [3.8, 4) is 11.5 Å². The number of rotatable bonds is 10. The molecule has 0 aliphatic carbocycles. The van der Waals surface area contributed by atoms with Crippen LogP contribution in [0.2, 0.25) is 0 Å². The van der Waals surface area contributed by atoms with E-state index in [9.17, 15) is 24.0 Å². The summed E-state index contributed by atoms with van der Waals surface area (Å²) >= 11 is 0. The number of hydrogen-bond acceptors (Lipinski definition) is 11. The lowest BCUT2D eigenvalue weighted by molar-refractivity contribution is -0.166. The number of hydrogen-bond donors (Lipinski definition) is 0. The second-order valence-electron chi connectivity index (χ2n) is 9.29. The molecule has 1 saturated heterocycles. The second kappa shape index (κ2) is 13.6. The first-order valence-electron chi connectivity index (χ1n) is 12.9. The van der Waals surface area contributed by atoms with E-state index in [4.69, 9.17) is 28.4 Å². The molecule has 218 valence electrons. The van der Waals surface area contributed by atoms with Crippen LogP contribution in [0.15, 0.2) is 78.9 Å². The number of esters is 4. The van der Waals surface area contributed by atoms with Gasteiger partial charge in [0.2, 0.25) is 12.4 Å². The molecule has 0 saturated carbocycles. The molecular formula is C31H28O11. The number of aldehydes is 1. The van der Waals surface area contributed by atoms with Gasteiger partial charge in [-0.05, 0) is 49.4 Å². The minimum absolute atomic E-state index is 0.0272. The van der Waals surface area contributed by atoms with E-state index in [-0.39, 0.29) is 28.2 Å². The summed E-state index contributed by atoms with van der Waals surface area (Å²) in [6.45, 7) is 3.86. The fourth-order valence-corrected chi connectivity index (χ4v) is 4.27. The normalized spacial score (nSPS) is 20.1. The van der Waals surface area contributed by atoms with E-state index in [0.717, 1.165) is 6.92 Å². The van der Waals surface area contributed by atoms with Gasteiger partial charge >= 0.3 is 23.9 Å². The third-order valence-electron chi connectivity index (χ3n) is 6.13. The Bertz CT molecular complexity index is 1440. The van der Waals surface area contributed by atoms with E-state index in [1.54, 1.807) is 60.7 Å². The van der Waals surface area contributed by atoms with Gasteiger partial charge in [-0.1, -0.05) is 36.4 Å². The van der Waals surface area contributed by atoms with Crippen LogP contribution in [-0.4, -0.2) is 60.9 Å². The molecule has 1 heterocycles. The number of benzene rings is 3. The maximum Gasteiger partial charge on any atom is 0.338 e. The molecule has 1 fully saturated rings. The van der Waals surface area contributed by atoms with Gasteiger partial charge in [-0.15, -0.1) is 0 Å². The first kappa shape index (κ1) is 29.9. The average molecular weight is 577 g/mol. The molecule has 11 heteroatoms. The number of ether oxygens (including phenoxy) is 6. The van der Waals surface area contributed by atoms with Gasteiger partial charge in [0.15, 0.2) is 17.6 Å². The van der Waals surface area contributed by atoms with Crippen LogP contribution < -0.4 is 9.47 Å². The zero-order chi connectivity index (χ0) is 30.2. The van der Waals surface area contributed by atoms with Crippen molar-refractivity contribution in [3.63, 3.8) is 0 Å². The van der Waals surface area contributed by atoms with E-state index in [0.29, 0.717) is 6.29 Å². The molecule has 3 aromatic carbocycles. The van der Waals surface area contributed by atoms with Gasteiger partial charge in [0, 0.05) is 19.4 Å². The Morgan fingerprint density at radius 2 is 1.38 bits per heavy atom. The summed E-state index contributed by atoms with van der Waals surface area (Å²) in [6, 6.07) is 20.4. The molecular weight excluding hydrogens is 548 g/mol. The van der Waals surface area contributed by atoms with Crippen molar-refractivity contribution >= 4 is 30.2 Å². The van der Waals surface area contributed by atoms with Gasteiger partial charge < -0.3 is 28.4 Å². The minimum atomic E-state index is -1.42. The zero-order valence-electron chi connectivity index (χ0n) is 23.0. The van der Waals surface area contributed by atoms with Crippen LogP contribution in [0.4, 0.5) is 0 Å². The van der Waals surface area contributed by atoms with E-state index in [1.165, 1.54) is 32.0 Å². The maximum atomic E-state index is 13.1. The molecule has 0 aromatic heterocycles. The van der Waals surface area contributed by atoms with Gasteiger partial charge in [0.1, 0.15) is 18.5 Å². The minimum Gasteiger partial charge on any atom is -0.457 e. The summed E-state index contributed by atoms with van der Waals surface area (Å²) in [6.07, 6.45) is -5.68. The number of carbonyl (C=O) groups is 5. The Balaban J connectivity index is 1.68. The van der Waals surface area contributed by atoms with Gasteiger partial charge in [-0.3, -0.25) is 14.4 Å². The van der Waals surface area contributed by atoms with Crippen LogP contribution >= 0.6 is 0 Å². The van der Waals surface area contributed by atoms with Crippen LogP contribution in [0.25, 0.3) is 0 Å². The molecule has 11 nitrogen and oxygen atoms in total. The maximum absolute atomic E-state index is 13.1. The molecule has 1 aliphatic rings. The fourth-order valence-electron chi connectivity index (χ4n) is 4.27. The Morgan fingerprint density at radius 3 is 1.95 bits per heavy atom. The predicted molar refractivity (Wildman–Crippen MR) is 145 cm³/mol. The third kappa shape index (κ3) is 7.38. The zero-order valence-corrected chi connectivity index (χ0v) is 23.0. The van der Waals surface area contributed by atoms with Crippen molar-refractivity contribution in [2.24, 2.45) is 0 Å². The third-order valence-corrected chi connectivity index (χ3v) is 6.13. The molecule has 1 aliphatic heterocycles. The topological polar surface area (TPSA) is 141 Å². The lowest BCUT2D eigenvalue weighted by atomic mass is 10.1. The highest BCUT2D eigenvalue weighted by Crippen LogP contribution is 2.36.